The number of hydrogen-bond donors (Lipinski definition) is 0. The third kappa shape index (κ3) is 5.26. The van der Waals surface area contributed by atoms with Crippen LogP contribution in [0.3, 0.4) is 0 Å². The van der Waals surface area contributed by atoms with E-state index in [1.807, 2.05) is 42.5 Å². The third-order valence-corrected chi connectivity index (χ3v) is 6.53. The van der Waals surface area contributed by atoms with Crippen molar-refractivity contribution >= 4 is 0 Å². The van der Waals surface area contributed by atoms with Crippen LogP contribution in [0, 0.1) is 23.5 Å². The quantitative estimate of drug-likeness (QED) is 0.376. The molecule has 174 valence electrons. The van der Waals surface area contributed by atoms with Gasteiger partial charge in [-0.1, -0.05) is 60.7 Å². The lowest BCUT2D eigenvalue weighted by Crippen LogP contribution is -2.31. The van der Waals surface area contributed by atoms with Crippen molar-refractivity contribution in [2.24, 2.45) is 11.8 Å². The minimum atomic E-state index is -0.488. The summed E-state index contributed by atoms with van der Waals surface area (Å²) in [6.07, 6.45) is 10.9. The van der Waals surface area contributed by atoms with E-state index >= 15 is 8.78 Å². The highest BCUT2D eigenvalue weighted by Crippen LogP contribution is 2.33. The number of rotatable bonds is 8. The third-order valence-electron chi connectivity index (χ3n) is 6.53. The first-order chi connectivity index (χ1) is 16.7. The number of allylic oxidation sites excluding steroid dienone is 4. The summed E-state index contributed by atoms with van der Waals surface area (Å²) in [6.45, 7) is 1.17. The molecule has 5 heteroatoms. The van der Waals surface area contributed by atoms with Crippen molar-refractivity contribution in [3.05, 3.63) is 108 Å². The van der Waals surface area contributed by atoms with Gasteiger partial charge >= 0.3 is 0 Å². The van der Waals surface area contributed by atoms with Crippen molar-refractivity contribution in [3.63, 3.8) is 0 Å². The van der Waals surface area contributed by atoms with Crippen LogP contribution in [0.2, 0.25) is 0 Å². The summed E-state index contributed by atoms with van der Waals surface area (Å²) in [5.41, 5.74) is 1.85. The maximum Gasteiger partial charge on any atom is 0.214 e. The highest BCUT2D eigenvalue weighted by molar-refractivity contribution is 5.61. The lowest BCUT2D eigenvalue weighted by Gasteiger charge is -2.33. The molecule has 2 aromatic carbocycles. The Hall–Kier alpha value is -3.31. The predicted molar refractivity (Wildman–Crippen MR) is 128 cm³/mol. The molecule has 0 saturated carbocycles. The lowest BCUT2D eigenvalue weighted by atomic mass is 9.79. The average molecular weight is 460 g/mol. The van der Waals surface area contributed by atoms with Crippen LogP contribution in [0.1, 0.15) is 24.0 Å². The summed E-state index contributed by atoms with van der Waals surface area (Å²) < 4.78 is 41.6. The summed E-state index contributed by atoms with van der Waals surface area (Å²) in [5, 5.41) is 0. The van der Waals surface area contributed by atoms with Crippen molar-refractivity contribution in [2.45, 2.75) is 32.0 Å². The molecule has 3 atom stereocenters. The number of ether oxygens (including phenoxy) is 2. The highest BCUT2D eigenvalue weighted by atomic mass is 19.1. The molecule has 5 rings (SSSR count). The van der Waals surface area contributed by atoms with Gasteiger partial charge in [-0.25, -0.2) is 13.8 Å². The van der Waals surface area contributed by atoms with Crippen molar-refractivity contribution < 1.29 is 18.3 Å². The van der Waals surface area contributed by atoms with Gasteiger partial charge in [0.1, 0.15) is 18.2 Å². The molecule has 2 unspecified atom stereocenters. The fraction of sp³-hybridized carbons (Fsp3) is 0.276. The van der Waals surface area contributed by atoms with Crippen LogP contribution in [0.15, 0.2) is 85.0 Å². The maximum atomic E-state index is 15.1. The number of benzene rings is 2. The molecular weight excluding hydrogens is 432 g/mol. The summed E-state index contributed by atoms with van der Waals surface area (Å²) in [4.78, 5) is 4.40. The number of halogens is 2. The Balaban J connectivity index is 1.31. The van der Waals surface area contributed by atoms with E-state index in [0.717, 1.165) is 25.0 Å². The summed E-state index contributed by atoms with van der Waals surface area (Å²) in [5.74, 6) is -0.168. The van der Waals surface area contributed by atoms with Crippen LogP contribution in [-0.2, 0) is 17.8 Å². The van der Waals surface area contributed by atoms with Gasteiger partial charge < -0.3 is 9.47 Å². The number of pyridine rings is 1. The van der Waals surface area contributed by atoms with Crippen LogP contribution in [0.5, 0.6) is 5.88 Å². The van der Waals surface area contributed by atoms with E-state index < -0.39 is 11.6 Å². The molecular formula is C29H27F2NO2. The van der Waals surface area contributed by atoms with Gasteiger partial charge in [-0.05, 0) is 60.4 Å². The molecule has 3 nitrogen and oxygen atoms in total. The molecule has 1 aliphatic heterocycles. The minimum Gasteiger partial charge on any atom is -0.473 e. The predicted octanol–water partition coefficient (Wildman–Crippen LogP) is 6.69. The molecule has 1 aliphatic carbocycles. The molecule has 34 heavy (non-hydrogen) atoms. The SMILES string of the molecule is Fc1cc(-c2cccc(OCc3ccccc3)n2)c(F)cc1CC1C=CC=C[C@@H]1CC1CCO1. The second kappa shape index (κ2) is 10.3. The van der Waals surface area contributed by atoms with Crippen molar-refractivity contribution in [2.75, 3.05) is 6.61 Å². The van der Waals surface area contributed by atoms with Gasteiger partial charge in [0.25, 0.3) is 0 Å². The summed E-state index contributed by atoms with van der Waals surface area (Å²) in [7, 11) is 0. The van der Waals surface area contributed by atoms with Crippen LogP contribution < -0.4 is 4.74 Å². The Bertz CT molecular complexity index is 1190. The molecule has 3 aromatic rings. The van der Waals surface area contributed by atoms with E-state index in [-0.39, 0.29) is 23.5 Å². The topological polar surface area (TPSA) is 31.4 Å². The standard InChI is InChI=1S/C29H27F2NO2/c30-26-18-25(28-11-6-12-29(32-28)34-19-20-7-2-1-3-8-20)27(31)17-23(26)15-21-9-4-5-10-22(21)16-24-13-14-33-24/h1-12,17-18,21-22,24H,13-16,19H2/t21?,22-,24?/m1/s1. The van der Waals surface area contributed by atoms with Gasteiger partial charge in [0.15, 0.2) is 0 Å². The van der Waals surface area contributed by atoms with Crippen LogP contribution in [0.4, 0.5) is 8.78 Å². The Morgan fingerprint density at radius 1 is 0.912 bits per heavy atom. The van der Waals surface area contributed by atoms with Crippen LogP contribution >= 0.6 is 0 Å². The van der Waals surface area contributed by atoms with Crippen molar-refractivity contribution in [1.29, 1.82) is 0 Å². The molecule has 0 radical (unpaired) electrons. The minimum absolute atomic E-state index is 0.113. The van der Waals surface area contributed by atoms with E-state index in [9.17, 15) is 0 Å². The van der Waals surface area contributed by atoms with Crippen molar-refractivity contribution in [1.82, 2.24) is 4.98 Å². The van der Waals surface area contributed by atoms with Crippen LogP contribution in [-0.4, -0.2) is 17.7 Å². The van der Waals surface area contributed by atoms with E-state index in [1.54, 1.807) is 18.2 Å². The normalized spacial score (nSPS) is 21.3. The second-order valence-electron chi connectivity index (χ2n) is 8.88. The second-order valence-corrected chi connectivity index (χ2v) is 8.88. The van der Waals surface area contributed by atoms with E-state index in [0.29, 0.717) is 30.2 Å². The van der Waals surface area contributed by atoms with Crippen molar-refractivity contribution in [3.8, 4) is 17.1 Å². The Morgan fingerprint density at radius 2 is 1.71 bits per heavy atom. The fourth-order valence-corrected chi connectivity index (χ4v) is 4.52. The Morgan fingerprint density at radius 3 is 2.47 bits per heavy atom. The Labute approximate surface area is 198 Å². The molecule has 0 N–H and O–H groups in total. The first kappa shape index (κ1) is 22.5. The van der Waals surface area contributed by atoms with Gasteiger partial charge in [0.05, 0.1) is 11.8 Å². The van der Waals surface area contributed by atoms with E-state index in [2.05, 4.69) is 17.1 Å². The zero-order valence-corrected chi connectivity index (χ0v) is 18.9. The van der Waals surface area contributed by atoms with E-state index in [4.69, 9.17) is 9.47 Å². The zero-order valence-electron chi connectivity index (χ0n) is 18.9. The number of nitrogens with zero attached hydrogens (tertiary/aromatic N) is 1. The number of hydrogen-bond acceptors (Lipinski definition) is 3. The summed E-state index contributed by atoms with van der Waals surface area (Å²) in [6, 6.07) is 17.4. The van der Waals surface area contributed by atoms with Gasteiger partial charge in [-0.3, -0.25) is 0 Å². The monoisotopic (exact) mass is 459 g/mol. The molecule has 0 spiro atoms. The molecule has 1 fully saturated rings. The lowest BCUT2D eigenvalue weighted by molar-refractivity contribution is -0.0621. The molecule has 1 saturated heterocycles. The average Bonchev–Trinajstić information content (AvgIpc) is 2.84. The molecule has 1 aromatic heterocycles. The van der Waals surface area contributed by atoms with Gasteiger partial charge in [0, 0.05) is 18.2 Å². The largest absolute Gasteiger partial charge is 0.473 e. The summed E-state index contributed by atoms with van der Waals surface area (Å²) >= 11 is 0. The molecule has 2 aliphatic rings. The van der Waals surface area contributed by atoms with Gasteiger partial charge in [-0.15, -0.1) is 0 Å². The molecule has 0 amide bonds. The zero-order chi connectivity index (χ0) is 23.3. The number of aromatic nitrogens is 1. The fourth-order valence-electron chi connectivity index (χ4n) is 4.52. The highest BCUT2D eigenvalue weighted by Gasteiger charge is 2.27. The van der Waals surface area contributed by atoms with E-state index in [1.165, 1.54) is 12.1 Å². The Kier molecular flexibility index (Phi) is 6.82. The van der Waals surface area contributed by atoms with Gasteiger partial charge in [0.2, 0.25) is 5.88 Å². The maximum absolute atomic E-state index is 15.1. The van der Waals surface area contributed by atoms with Crippen LogP contribution in [0.25, 0.3) is 11.3 Å². The first-order valence-electron chi connectivity index (χ1n) is 11.7. The first-order valence-corrected chi connectivity index (χ1v) is 11.7. The molecule has 2 heterocycles. The molecule has 0 bridgehead atoms. The smallest absolute Gasteiger partial charge is 0.214 e. The van der Waals surface area contributed by atoms with Gasteiger partial charge in [-0.2, -0.15) is 0 Å².